The molecule has 1 aromatic heterocycles. The van der Waals surface area contributed by atoms with Crippen molar-refractivity contribution in [2.45, 2.75) is 44.3 Å². The zero-order chi connectivity index (χ0) is 21.3. The fourth-order valence-corrected chi connectivity index (χ4v) is 4.12. The summed E-state index contributed by atoms with van der Waals surface area (Å²) in [7, 11) is 0. The van der Waals surface area contributed by atoms with E-state index in [1.54, 1.807) is 23.2 Å². The quantitative estimate of drug-likeness (QED) is 0.574. The van der Waals surface area contributed by atoms with Crippen molar-refractivity contribution in [1.29, 1.82) is 0 Å². The number of carbonyl (C=O) groups is 2. The highest BCUT2D eigenvalue weighted by Crippen LogP contribution is 2.33. The van der Waals surface area contributed by atoms with Gasteiger partial charge in [-0.3, -0.25) is 15.0 Å². The average molecular weight is 412 g/mol. The molecule has 2 atom stereocenters. The normalized spacial score (nSPS) is 22.5. The van der Waals surface area contributed by atoms with E-state index in [1.165, 1.54) is 0 Å². The lowest BCUT2D eigenvalue weighted by Crippen LogP contribution is -2.57. The van der Waals surface area contributed by atoms with Crippen LogP contribution in [0.5, 0.6) is 0 Å². The van der Waals surface area contributed by atoms with Crippen LogP contribution in [0.4, 0.5) is 10.6 Å². The molecule has 2 bridgehead atoms. The second-order valence-corrected chi connectivity index (χ2v) is 8.47. The predicted molar refractivity (Wildman–Crippen MR) is 112 cm³/mol. The highest BCUT2D eigenvalue weighted by molar-refractivity contribution is 5.91. The van der Waals surface area contributed by atoms with Crippen LogP contribution in [0, 0.1) is 0 Å². The topological polar surface area (TPSA) is 110 Å². The highest BCUT2D eigenvalue weighted by Gasteiger charge is 2.42. The highest BCUT2D eigenvalue weighted by atomic mass is 16.3. The molecule has 4 N–H and O–H groups in total. The number of fused-ring (bicyclic) bond motifs is 3. The first kappa shape index (κ1) is 20.2. The first-order valence-corrected chi connectivity index (χ1v) is 10.3. The number of hydrogen-bond donors (Lipinski definition) is 4. The van der Waals surface area contributed by atoms with Crippen LogP contribution in [-0.4, -0.2) is 69.1 Å². The molecule has 1 fully saturated rings. The lowest BCUT2D eigenvalue weighted by atomic mass is 10.00. The van der Waals surface area contributed by atoms with Crippen LogP contribution in [-0.2, 0) is 4.79 Å². The molecule has 1 unspecified atom stereocenters. The number of aromatic nitrogens is 1. The van der Waals surface area contributed by atoms with Gasteiger partial charge < -0.3 is 20.6 Å². The van der Waals surface area contributed by atoms with E-state index in [1.807, 2.05) is 32.1 Å². The van der Waals surface area contributed by atoms with Gasteiger partial charge in [0.25, 0.3) is 0 Å². The third-order valence-corrected chi connectivity index (χ3v) is 5.69. The number of hydrogen-bond acceptors (Lipinski definition) is 6. The Morgan fingerprint density at radius 3 is 2.93 bits per heavy atom. The molecule has 9 nitrogen and oxygen atoms in total. The van der Waals surface area contributed by atoms with Gasteiger partial charge in [-0.25, -0.2) is 9.78 Å². The molecular formula is C21H28N6O3. The van der Waals surface area contributed by atoms with E-state index in [9.17, 15) is 14.7 Å². The van der Waals surface area contributed by atoms with E-state index in [0.29, 0.717) is 18.1 Å². The maximum absolute atomic E-state index is 13.1. The van der Waals surface area contributed by atoms with Gasteiger partial charge in [-0.15, -0.1) is 0 Å². The maximum atomic E-state index is 13.1. The summed E-state index contributed by atoms with van der Waals surface area (Å²) in [5.41, 5.74) is 0.389. The Morgan fingerprint density at radius 2 is 2.20 bits per heavy atom. The number of allylic oxidation sites excluding steroid dienone is 1. The molecule has 1 aromatic rings. The van der Waals surface area contributed by atoms with Crippen LogP contribution >= 0.6 is 0 Å². The summed E-state index contributed by atoms with van der Waals surface area (Å²) in [6.07, 6.45) is 6.68. The molecule has 9 heteroatoms. The number of nitrogens with one attached hydrogen (secondary N) is 3. The number of dihydropyridines is 1. The fourth-order valence-electron chi connectivity index (χ4n) is 4.12. The summed E-state index contributed by atoms with van der Waals surface area (Å²) in [6, 6.07) is 4.51. The Balaban J connectivity index is 1.54. The summed E-state index contributed by atoms with van der Waals surface area (Å²) in [6.45, 7) is 5.37. The summed E-state index contributed by atoms with van der Waals surface area (Å²) in [5.74, 6) is 0.922. The van der Waals surface area contributed by atoms with Crippen molar-refractivity contribution in [3.8, 4) is 0 Å². The average Bonchev–Trinajstić information content (AvgIpc) is 3.12. The van der Waals surface area contributed by atoms with Gasteiger partial charge in [0, 0.05) is 31.4 Å². The number of aliphatic hydroxyl groups is 1. The third-order valence-electron chi connectivity index (χ3n) is 5.69. The van der Waals surface area contributed by atoms with Gasteiger partial charge >= 0.3 is 6.03 Å². The van der Waals surface area contributed by atoms with Gasteiger partial charge in [-0.05, 0) is 44.9 Å². The van der Waals surface area contributed by atoms with E-state index >= 15 is 0 Å². The summed E-state index contributed by atoms with van der Waals surface area (Å²) in [5, 5.41) is 18.3. The minimum absolute atomic E-state index is 0.00533. The van der Waals surface area contributed by atoms with Crippen LogP contribution < -0.4 is 16.0 Å². The number of urea groups is 1. The van der Waals surface area contributed by atoms with Gasteiger partial charge in [-0.2, -0.15) is 0 Å². The number of nitrogens with zero attached hydrogens (tertiary/aromatic N) is 3. The van der Waals surface area contributed by atoms with Crippen molar-refractivity contribution in [3.63, 3.8) is 0 Å². The molecular weight excluding hydrogens is 384 g/mol. The molecule has 0 spiro atoms. The molecule has 3 aliphatic rings. The van der Waals surface area contributed by atoms with Gasteiger partial charge in [0.05, 0.1) is 11.7 Å². The van der Waals surface area contributed by atoms with E-state index < -0.39 is 11.6 Å². The Labute approximate surface area is 175 Å². The monoisotopic (exact) mass is 412 g/mol. The van der Waals surface area contributed by atoms with Crippen LogP contribution in [0.3, 0.4) is 0 Å². The number of anilines is 1. The van der Waals surface area contributed by atoms with Crippen molar-refractivity contribution < 1.29 is 14.7 Å². The van der Waals surface area contributed by atoms with Gasteiger partial charge in [0.15, 0.2) is 0 Å². The number of pyridine rings is 1. The first-order chi connectivity index (χ1) is 14.4. The molecule has 3 aliphatic heterocycles. The minimum atomic E-state index is -0.606. The molecule has 160 valence electrons. The lowest BCUT2D eigenvalue weighted by Gasteiger charge is -2.41. The van der Waals surface area contributed by atoms with Crippen molar-refractivity contribution in [2.75, 3.05) is 25.0 Å². The van der Waals surface area contributed by atoms with Crippen LogP contribution in [0.2, 0.25) is 0 Å². The Hall–Kier alpha value is -3.07. The van der Waals surface area contributed by atoms with Crippen molar-refractivity contribution in [1.82, 2.24) is 25.4 Å². The van der Waals surface area contributed by atoms with Crippen molar-refractivity contribution in [2.24, 2.45) is 0 Å². The second kappa shape index (κ2) is 7.98. The predicted octanol–water partition coefficient (Wildman–Crippen LogP) is 0.978. The third kappa shape index (κ3) is 3.97. The molecule has 4 rings (SSSR count). The van der Waals surface area contributed by atoms with E-state index in [4.69, 9.17) is 0 Å². The molecule has 0 saturated carbocycles. The first-order valence-electron chi connectivity index (χ1n) is 10.3. The van der Waals surface area contributed by atoms with Gasteiger partial charge in [0.2, 0.25) is 5.91 Å². The number of aliphatic hydroxyl groups excluding tert-OH is 1. The smallest absolute Gasteiger partial charge is 0.328 e. The number of amides is 3. The van der Waals surface area contributed by atoms with Crippen molar-refractivity contribution >= 4 is 17.8 Å². The minimum Gasteiger partial charge on any atom is -0.396 e. The fraction of sp³-hybridized carbons (Fsp3) is 0.476. The van der Waals surface area contributed by atoms with E-state index in [-0.39, 0.29) is 24.6 Å². The summed E-state index contributed by atoms with van der Waals surface area (Å²) in [4.78, 5) is 34.1. The zero-order valence-corrected chi connectivity index (χ0v) is 17.3. The Bertz CT molecular complexity index is 882. The molecule has 1 saturated heterocycles. The molecule has 0 aliphatic carbocycles. The van der Waals surface area contributed by atoms with Gasteiger partial charge in [0.1, 0.15) is 17.7 Å². The van der Waals surface area contributed by atoms with Crippen molar-refractivity contribution in [3.05, 3.63) is 48.1 Å². The lowest BCUT2D eigenvalue weighted by molar-refractivity contribution is -0.123. The Morgan fingerprint density at radius 1 is 1.37 bits per heavy atom. The molecule has 0 radical (unpaired) electrons. The van der Waals surface area contributed by atoms with Crippen LogP contribution in [0.1, 0.15) is 26.7 Å². The second-order valence-electron chi connectivity index (χ2n) is 8.47. The SMILES string of the molecule is CC(C)(CCO)NC(=O)C1C=CC2=C(N1)N(C(=O)Nc1ccccn1)[C@H]1CCN2C1. The zero-order valence-electron chi connectivity index (χ0n) is 17.3. The molecule has 3 amide bonds. The summed E-state index contributed by atoms with van der Waals surface area (Å²) >= 11 is 0. The van der Waals surface area contributed by atoms with Gasteiger partial charge in [-0.1, -0.05) is 12.1 Å². The summed E-state index contributed by atoms with van der Waals surface area (Å²) < 4.78 is 0. The van der Waals surface area contributed by atoms with Crippen LogP contribution in [0.15, 0.2) is 48.1 Å². The van der Waals surface area contributed by atoms with E-state index in [0.717, 1.165) is 25.2 Å². The molecule has 30 heavy (non-hydrogen) atoms. The largest absolute Gasteiger partial charge is 0.396 e. The number of rotatable bonds is 5. The molecule has 4 heterocycles. The standard InChI is InChI=1S/C21H28N6O3/c1-21(2,9-12-28)25-19(29)15-6-7-16-18(23-15)27(14-8-11-26(16)13-14)20(30)24-17-5-3-4-10-22-17/h3-7,10,14-15,23,28H,8-9,11-13H2,1-2H3,(H,25,29)(H,22,24,30)/t14-,15?/m0/s1. The number of carbonyl (C=O) groups excluding carboxylic acids is 2. The van der Waals surface area contributed by atoms with E-state index in [2.05, 4.69) is 25.8 Å². The van der Waals surface area contributed by atoms with Crippen LogP contribution in [0.25, 0.3) is 0 Å². The molecule has 0 aromatic carbocycles. The Kier molecular flexibility index (Phi) is 5.38. The maximum Gasteiger partial charge on any atom is 0.328 e.